The van der Waals surface area contributed by atoms with Crippen LogP contribution < -0.4 is 5.32 Å². The fourth-order valence-corrected chi connectivity index (χ4v) is 3.67. The van der Waals surface area contributed by atoms with Crippen LogP contribution in [0.2, 0.25) is 0 Å². The summed E-state index contributed by atoms with van der Waals surface area (Å²) in [6.45, 7) is 1.06. The molecule has 0 atom stereocenters. The SMILES string of the molecule is Ic1ccc(-n2nc(C3CCC3)c3c2NCCCC3)cc1. The average Bonchev–Trinajstić information content (AvgIpc) is 2.63. The molecule has 1 aliphatic carbocycles. The van der Waals surface area contributed by atoms with E-state index < -0.39 is 0 Å². The standard InChI is InChI=1S/C17H20IN3/c18-13-7-9-14(10-8-13)21-17-15(6-1-2-11-19-17)16(20-21)12-4-3-5-12/h7-10,12,19H,1-6,11H2. The molecular formula is C17H20IN3. The number of anilines is 1. The van der Waals surface area contributed by atoms with Gasteiger partial charge in [-0.2, -0.15) is 5.10 Å². The molecule has 4 rings (SSSR count). The summed E-state index contributed by atoms with van der Waals surface area (Å²) in [5.41, 5.74) is 4.02. The summed E-state index contributed by atoms with van der Waals surface area (Å²) in [6.07, 6.45) is 7.71. The Kier molecular flexibility index (Phi) is 3.65. The number of nitrogens with zero attached hydrogens (tertiary/aromatic N) is 2. The van der Waals surface area contributed by atoms with E-state index in [1.165, 1.54) is 64.9 Å². The molecule has 0 unspecified atom stereocenters. The highest BCUT2D eigenvalue weighted by atomic mass is 127. The number of nitrogens with one attached hydrogen (secondary N) is 1. The third kappa shape index (κ3) is 2.47. The van der Waals surface area contributed by atoms with Crippen molar-refractivity contribution in [2.75, 3.05) is 11.9 Å². The third-order valence-corrected chi connectivity index (χ3v) is 5.44. The minimum Gasteiger partial charge on any atom is -0.370 e. The maximum absolute atomic E-state index is 5.01. The molecule has 1 aromatic carbocycles. The maximum atomic E-state index is 5.01. The van der Waals surface area contributed by atoms with E-state index in [1.54, 1.807) is 0 Å². The number of fused-ring (bicyclic) bond motifs is 1. The summed E-state index contributed by atoms with van der Waals surface area (Å²) in [7, 11) is 0. The lowest BCUT2D eigenvalue weighted by Crippen LogP contribution is -2.11. The number of hydrogen-bond acceptors (Lipinski definition) is 2. The van der Waals surface area contributed by atoms with Crippen LogP contribution in [0.25, 0.3) is 5.69 Å². The fraction of sp³-hybridized carbons (Fsp3) is 0.471. The van der Waals surface area contributed by atoms with Crippen LogP contribution in [0.1, 0.15) is 49.3 Å². The van der Waals surface area contributed by atoms with E-state index in [9.17, 15) is 0 Å². The molecule has 4 heteroatoms. The van der Waals surface area contributed by atoms with Gasteiger partial charge in [-0.3, -0.25) is 0 Å². The number of halogens is 1. The molecule has 2 heterocycles. The van der Waals surface area contributed by atoms with Gasteiger partial charge in [-0.05, 0) is 79.0 Å². The topological polar surface area (TPSA) is 29.9 Å². The molecule has 1 fully saturated rings. The highest BCUT2D eigenvalue weighted by Gasteiger charge is 2.29. The molecule has 0 amide bonds. The van der Waals surface area contributed by atoms with E-state index in [1.807, 2.05) is 0 Å². The normalized spacial score (nSPS) is 18.5. The van der Waals surface area contributed by atoms with Gasteiger partial charge in [-0.1, -0.05) is 6.42 Å². The van der Waals surface area contributed by atoms with Crippen molar-refractivity contribution in [2.24, 2.45) is 0 Å². The lowest BCUT2D eigenvalue weighted by Gasteiger charge is -2.24. The second-order valence-electron chi connectivity index (χ2n) is 6.11. The summed E-state index contributed by atoms with van der Waals surface area (Å²) in [5, 5.41) is 8.64. The summed E-state index contributed by atoms with van der Waals surface area (Å²) in [5.74, 6) is 1.94. The Morgan fingerprint density at radius 2 is 1.90 bits per heavy atom. The van der Waals surface area contributed by atoms with Crippen molar-refractivity contribution < 1.29 is 0 Å². The van der Waals surface area contributed by atoms with Crippen LogP contribution >= 0.6 is 22.6 Å². The van der Waals surface area contributed by atoms with Crippen LogP contribution in [0.4, 0.5) is 5.82 Å². The molecule has 21 heavy (non-hydrogen) atoms. The minimum absolute atomic E-state index is 0.698. The first kappa shape index (κ1) is 13.6. The Labute approximate surface area is 139 Å². The zero-order chi connectivity index (χ0) is 14.2. The van der Waals surface area contributed by atoms with Crippen molar-refractivity contribution >= 4 is 28.4 Å². The van der Waals surface area contributed by atoms with Gasteiger partial charge in [0.1, 0.15) is 5.82 Å². The number of benzene rings is 1. The molecule has 1 aromatic heterocycles. The Hall–Kier alpha value is -1.04. The summed E-state index contributed by atoms with van der Waals surface area (Å²) in [6, 6.07) is 8.66. The molecular weight excluding hydrogens is 373 g/mol. The molecule has 0 radical (unpaired) electrons. The molecule has 1 N–H and O–H groups in total. The Bertz CT molecular complexity index is 641. The largest absolute Gasteiger partial charge is 0.370 e. The van der Waals surface area contributed by atoms with E-state index in [2.05, 4.69) is 56.9 Å². The van der Waals surface area contributed by atoms with Crippen molar-refractivity contribution in [1.29, 1.82) is 0 Å². The van der Waals surface area contributed by atoms with Crippen LogP contribution in [-0.2, 0) is 6.42 Å². The summed E-state index contributed by atoms with van der Waals surface area (Å²) in [4.78, 5) is 0. The molecule has 0 saturated heterocycles. The highest BCUT2D eigenvalue weighted by molar-refractivity contribution is 14.1. The van der Waals surface area contributed by atoms with Crippen molar-refractivity contribution in [2.45, 2.75) is 44.4 Å². The summed E-state index contributed by atoms with van der Waals surface area (Å²) < 4.78 is 3.41. The summed E-state index contributed by atoms with van der Waals surface area (Å²) >= 11 is 2.35. The highest BCUT2D eigenvalue weighted by Crippen LogP contribution is 2.41. The first-order valence-corrected chi connectivity index (χ1v) is 9.02. The molecule has 110 valence electrons. The van der Waals surface area contributed by atoms with E-state index in [0.717, 1.165) is 6.54 Å². The Morgan fingerprint density at radius 1 is 1.10 bits per heavy atom. The molecule has 1 saturated carbocycles. The van der Waals surface area contributed by atoms with Gasteiger partial charge in [-0.25, -0.2) is 4.68 Å². The number of rotatable bonds is 2. The van der Waals surface area contributed by atoms with Crippen LogP contribution in [-0.4, -0.2) is 16.3 Å². The smallest absolute Gasteiger partial charge is 0.133 e. The van der Waals surface area contributed by atoms with Gasteiger partial charge < -0.3 is 5.32 Å². The molecule has 3 nitrogen and oxygen atoms in total. The lowest BCUT2D eigenvalue weighted by molar-refractivity contribution is 0.406. The van der Waals surface area contributed by atoms with Crippen molar-refractivity contribution in [3.8, 4) is 5.69 Å². The maximum Gasteiger partial charge on any atom is 0.133 e. The second-order valence-corrected chi connectivity index (χ2v) is 7.36. The van der Waals surface area contributed by atoms with E-state index in [0.29, 0.717) is 5.92 Å². The third-order valence-electron chi connectivity index (χ3n) is 4.72. The van der Waals surface area contributed by atoms with E-state index >= 15 is 0 Å². The zero-order valence-electron chi connectivity index (χ0n) is 12.1. The van der Waals surface area contributed by atoms with Gasteiger partial charge in [0.15, 0.2) is 0 Å². The molecule has 0 bridgehead atoms. The van der Waals surface area contributed by atoms with Crippen LogP contribution in [0.15, 0.2) is 24.3 Å². The minimum atomic E-state index is 0.698. The van der Waals surface area contributed by atoms with Gasteiger partial charge in [0.05, 0.1) is 11.4 Å². The van der Waals surface area contributed by atoms with Crippen LogP contribution in [0.5, 0.6) is 0 Å². The van der Waals surface area contributed by atoms with Crippen LogP contribution in [0, 0.1) is 3.57 Å². The molecule has 1 aliphatic heterocycles. The zero-order valence-corrected chi connectivity index (χ0v) is 14.3. The van der Waals surface area contributed by atoms with Crippen molar-refractivity contribution in [3.05, 3.63) is 39.1 Å². The monoisotopic (exact) mass is 393 g/mol. The van der Waals surface area contributed by atoms with Gasteiger partial charge in [0.25, 0.3) is 0 Å². The predicted molar refractivity (Wildman–Crippen MR) is 94.3 cm³/mol. The molecule has 2 aromatic rings. The molecule has 0 spiro atoms. The fourth-order valence-electron chi connectivity index (χ4n) is 3.31. The van der Waals surface area contributed by atoms with Crippen LogP contribution in [0.3, 0.4) is 0 Å². The first-order valence-electron chi connectivity index (χ1n) is 7.94. The first-order chi connectivity index (χ1) is 10.3. The van der Waals surface area contributed by atoms with Gasteiger partial charge in [0, 0.05) is 21.6 Å². The number of hydrogen-bond donors (Lipinski definition) is 1. The second kappa shape index (κ2) is 5.63. The van der Waals surface area contributed by atoms with Gasteiger partial charge in [0.2, 0.25) is 0 Å². The molecule has 2 aliphatic rings. The van der Waals surface area contributed by atoms with E-state index in [-0.39, 0.29) is 0 Å². The quantitative estimate of drug-likeness (QED) is 0.762. The predicted octanol–water partition coefficient (Wildman–Crippen LogP) is 4.49. The van der Waals surface area contributed by atoms with Crippen molar-refractivity contribution in [3.63, 3.8) is 0 Å². The van der Waals surface area contributed by atoms with Crippen molar-refractivity contribution in [1.82, 2.24) is 9.78 Å². The number of aromatic nitrogens is 2. The lowest BCUT2D eigenvalue weighted by atomic mass is 9.81. The van der Waals surface area contributed by atoms with Gasteiger partial charge in [-0.15, -0.1) is 0 Å². The Morgan fingerprint density at radius 3 is 2.62 bits per heavy atom. The van der Waals surface area contributed by atoms with E-state index in [4.69, 9.17) is 5.10 Å². The Balaban J connectivity index is 1.82. The van der Waals surface area contributed by atoms with Gasteiger partial charge >= 0.3 is 0 Å². The average molecular weight is 393 g/mol.